The molecule has 0 aliphatic carbocycles. The van der Waals surface area contributed by atoms with Crippen LogP contribution in [0.5, 0.6) is 11.5 Å². The van der Waals surface area contributed by atoms with Crippen LogP contribution < -0.4 is 10.2 Å². The van der Waals surface area contributed by atoms with Gasteiger partial charge in [-0.15, -0.1) is 0 Å². The lowest BCUT2D eigenvalue weighted by Crippen LogP contribution is -2.30. The van der Waals surface area contributed by atoms with E-state index in [1.54, 1.807) is 24.3 Å². The normalized spacial score (nSPS) is 12.4. The number of amides is 1. The van der Waals surface area contributed by atoms with Gasteiger partial charge in [0, 0.05) is 0 Å². The molecule has 6 nitrogen and oxygen atoms in total. The van der Waals surface area contributed by atoms with Crippen molar-refractivity contribution in [3.05, 3.63) is 54.6 Å². The fourth-order valence-electron chi connectivity index (χ4n) is 1.95. The summed E-state index contributed by atoms with van der Waals surface area (Å²) in [6, 6.07) is 15.1. The van der Waals surface area contributed by atoms with Gasteiger partial charge in [0.1, 0.15) is 11.5 Å². The molecule has 1 atom stereocenters. The van der Waals surface area contributed by atoms with Crippen molar-refractivity contribution >= 4 is 15.7 Å². The molecule has 0 fully saturated rings. The van der Waals surface area contributed by atoms with Crippen LogP contribution >= 0.6 is 0 Å². The van der Waals surface area contributed by atoms with Gasteiger partial charge in [-0.1, -0.05) is 25.1 Å². The first-order chi connectivity index (χ1) is 10.9. The minimum Gasteiger partial charge on any atom is -0.457 e. The van der Waals surface area contributed by atoms with E-state index in [0.717, 1.165) is 0 Å². The lowest BCUT2D eigenvalue weighted by molar-refractivity contribution is -0.132. The summed E-state index contributed by atoms with van der Waals surface area (Å²) in [5.41, 5.74) is 1.45. The van der Waals surface area contributed by atoms with Gasteiger partial charge in [0.2, 0.25) is 5.91 Å². The number of nitrogens with one attached hydrogen (secondary N) is 1. The van der Waals surface area contributed by atoms with Gasteiger partial charge in [-0.25, -0.2) is 13.9 Å². The second-order valence-corrected chi connectivity index (χ2v) is 7.08. The zero-order valence-electron chi connectivity index (χ0n) is 12.5. The van der Waals surface area contributed by atoms with Crippen molar-refractivity contribution in [2.75, 3.05) is 5.75 Å². The number of rotatable bonds is 6. The predicted octanol–water partition coefficient (Wildman–Crippen LogP) is 2.39. The van der Waals surface area contributed by atoms with Crippen LogP contribution in [0.1, 0.15) is 6.92 Å². The van der Waals surface area contributed by atoms with E-state index in [2.05, 4.69) is 0 Å². The van der Waals surface area contributed by atoms with Crippen LogP contribution in [0.2, 0.25) is 0 Å². The van der Waals surface area contributed by atoms with E-state index >= 15 is 0 Å². The molecular weight excluding hydrogens is 318 g/mol. The summed E-state index contributed by atoms with van der Waals surface area (Å²) in [6.45, 7) is 1.43. The van der Waals surface area contributed by atoms with Crippen LogP contribution in [0.15, 0.2) is 59.5 Å². The van der Waals surface area contributed by atoms with E-state index in [9.17, 15) is 13.2 Å². The van der Waals surface area contributed by atoms with Crippen molar-refractivity contribution in [1.82, 2.24) is 5.48 Å². The third kappa shape index (κ3) is 4.54. The van der Waals surface area contributed by atoms with Crippen molar-refractivity contribution in [3.63, 3.8) is 0 Å². The Kier molecular flexibility index (Phi) is 5.36. The number of carbonyl (C=O) groups excluding carboxylic acids is 1. The molecule has 2 aromatic carbocycles. The molecule has 0 spiro atoms. The Morgan fingerprint density at radius 1 is 1.09 bits per heavy atom. The summed E-state index contributed by atoms with van der Waals surface area (Å²) in [6.07, 6.45) is 0. The first kappa shape index (κ1) is 17.0. The molecule has 2 N–H and O–H groups in total. The number of para-hydroxylation sites is 1. The standard InChI is InChI=1S/C16H17NO5S/c1-12(16(18)17-19)11-23(20,21)15-9-7-14(8-10-15)22-13-5-3-2-4-6-13/h2-10,12,19H,11H2,1H3,(H,17,18). The maximum absolute atomic E-state index is 12.2. The van der Waals surface area contributed by atoms with Gasteiger partial charge in [-0.2, -0.15) is 0 Å². The van der Waals surface area contributed by atoms with Crippen LogP contribution in [-0.4, -0.2) is 25.3 Å². The Morgan fingerprint density at radius 2 is 1.65 bits per heavy atom. The smallest absolute Gasteiger partial charge is 0.247 e. The highest BCUT2D eigenvalue weighted by atomic mass is 32.2. The summed E-state index contributed by atoms with van der Waals surface area (Å²) >= 11 is 0. The van der Waals surface area contributed by atoms with Crippen LogP contribution in [0.3, 0.4) is 0 Å². The van der Waals surface area contributed by atoms with Crippen molar-refractivity contribution in [2.45, 2.75) is 11.8 Å². The third-order valence-corrected chi connectivity index (χ3v) is 5.12. The molecule has 0 saturated carbocycles. The number of hydrogen-bond donors (Lipinski definition) is 2. The number of hydroxylamine groups is 1. The molecule has 122 valence electrons. The number of hydrogen-bond acceptors (Lipinski definition) is 5. The largest absolute Gasteiger partial charge is 0.457 e. The molecule has 0 aliphatic rings. The molecule has 1 amide bonds. The Morgan fingerprint density at radius 3 is 2.22 bits per heavy atom. The van der Waals surface area contributed by atoms with Gasteiger partial charge < -0.3 is 4.74 Å². The van der Waals surface area contributed by atoms with E-state index < -0.39 is 27.4 Å². The topological polar surface area (TPSA) is 92.7 Å². The highest BCUT2D eigenvalue weighted by molar-refractivity contribution is 7.91. The van der Waals surface area contributed by atoms with Crippen molar-refractivity contribution < 1.29 is 23.2 Å². The van der Waals surface area contributed by atoms with Gasteiger partial charge in [0.15, 0.2) is 9.84 Å². The second kappa shape index (κ2) is 7.26. The van der Waals surface area contributed by atoms with Crippen molar-refractivity contribution in [3.8, 4) is 11.5 Å². The van der Waals surface area contributed by atoms with E-state index in [1.807, 2.05) is 18.2 Å². The number of ether oxygens (including phenoxy) is 1. The van der Waals surface area contributed by atoms with Gasteiger partial charge in [0.25, 0.3) is 0 Å². The predicted molar refractivity (Wildman–Crippen MR) is 84.1 cm³/mol. The molecule has 23 heavy (non-hydrogen) atoms. The van der Waals surface area contributed by atoms with Gasteiger partial charge in [-0.05, 0) is 36.4 Å². The van der Waals surface area contributed by atoms with Gasteiger partial charge >= 0.3 is 0 Å². The average Bonchev–Trinajstić information content (AvgIpc) is 2.55. The number of sulfone groups is 1. The zero-order valence-corrected chi connectivity index (χ0v) is 13.3. The molecule has 2 aromatic rings. The second-order valence-electron chi connectivity index (χ2n) is 5.05. The molecular formula is C16H17NO5S. The maximum Gasteiger partial charge on any atom is 0.247 e. The van der Waals surface area contributed by atoms with Crippen LogP contribution in [-0.2, 0) is 14.6 Å². The fraction of sp³-hybridized carbons (Fsp3) is 0.188. The van der Waals surface area contributed by atoms with E-state index in [-0.39, 0.29) is 4.90 Å². The summed E-state index contributed by atoms with van der Waals surface area (Å²) in [5, 5.41) is 8.54. The molecule has 0 aromatic heterocycles. The summed E-state index contributed by atoms with van der Waals surface area (Å²) in [5.74, 6) is -0.825. The molecule has 0 saturated heterocycles. The fourth-order valence-corrected chi connectivity index (χ4v) is 3.50. The molecule has 0 heterocycles. The molecule has 0 radical (unpaired) electrons. The molecule has 0 aliphatic heterocycles. The molecule has 0 bridgehead atoms. The minimum absolute atomic E-state index is 0.0931. The third-order valence-electron chi connectivity index (χ3n) is 3.19. The first-order valence-electron chi connectivity index (χ1n) is 6.92. The Hall–Kier alpha value is -2.38. The lowest BCUT2D eigenvalue weighted by atomic mass is 10.2. The lowest BCUT2D eigenvalue weighted by Gasteiger charge is -2.11. The summed E-state index contributed by atoms with van der Waals surface area (Å²) in [7, 11) is -3.63. The quantitative estimate of drug-likeness (QED) is 0.624. The van der Waals surface area contributed by atoms with Gasteiger partial charge in [-0.3, -0.25) is 10.0 Å². The summed E-state index contributed by atoms with van der Waals surface area (Å²) in [4.78, 5) is 11.3. The molecule has 7 heteroatoms. The first-order valence-corrected chi connectivity index (χ1v) is 8.57. The maximum atomic E-state index is 12.2. The van der Waals surface area contributed by atoms with Crippen LogP contribution in [0.4, 0.5) is 0 Å². The Bertz CT molecular complexity index is 757. The average molecular weight is 335 g/mol. The number of benzene rings is 2. The van der Waals surface area contributed by atoms with Crippen LogP contribution in [0, 0.1) is 5.92 Å². The minimum atomic E-state index is -3.63. The van der Waals surface area contributed by atoms with E-state index in [0.29, 0.717) is 11.5 Å². The van der Waals surface area contributed by atoms with Crippen molar-refractivity contribution in [1.29, 1.82) is 0 Å². The Labute approximate surface area is 134 Å². The monoisotopic (exact) mass is 335 g/mol. The highest BCUT2D eigenvalue weighted by Gasteiger charge is 2.23. The Balaban J connectivity index is 2.10. The molecule has 2 rings (SSSR count). The number of carbonyl (C=O) groups is 1. The van der Waals surface area contributed by atoms with Crippen molar-refractivity contribution in [2.24, 2.45) is 5.92 Å². The van der Waals surface area contributed by atoms with Crippen LogP contribution in [0.25, 0.3) is 0 Å². The highest BCUT2D eigenvalue weighted by Crippen LogP contribution is 2.23. The molecule has 1 unspecified atom stereocenters. The van der Waals surface area contributed by atoms with Gasteiger partial charge in [0.05, 0.1) is 16.6 Å². The van der Waals surface area contributed by atoms with E-state index in [1.165, 1.54) is 24.5 Å². The van der Waals surface area contributed by atoms with E-state index in [4.69, 9.17) is 9.94 Å². The zero-order chi connectivity index (χ0) is 16.9. The summed E-state index contributed by atoms with van der Waals surface area (Å²) < 4.78 is 30.1. The SMILES string of the molecule is CC(CS(=O)(=O)c1ccc(Oc2ccccc2)cc1)C(=O)NO.